The first kappa shape index (κ1) is 23.8. The molecule has 1 atom stereocenters. The molecule has 1 unspecified atom stereocenters. The van der Waals surface area contributed by atoms with E-state index in [1.165, 1.54) is 13.2 Å². The van der Waals surface area contributed by atoms with E-state index in [1.807, 2.05) is 31.2 Å². The number of hydrogen-bond donors (Lipinski definition) is 1. The van der Waals surface area contributed by atoms with Crippen molar-refractivity contribution in [3.05, 3.63) is 69.8 Å². The molecule has 6 nitrogen and oxygen atoms in total. The lowest BCUT2D eigenvalue weighted by Crippen LogP contribution is -2.38. The molecule has 3 rings (SSSR count). The highest BCUT2D eigenvalue weighted by atomic mass is 35.5. The predicted molar refractivity (Wildman–Crippen MR) is 126 cm³/mol. The van der Waals surface area contributed by atoms with Crippen LogP contribution in [0.1, 0.15) is 36.6 Å². The normalized spacial score (nSPS) is 17.9. The highest BCUT2D eigenvalue weighted by Crippen LogP contribution is 2.40. The standard InChI is InChI=1S/C25H29ClN2O4/c1-5-27(6-2)12-13-28-22(17-9-7-8-16(3)14-17)21(24(30)25(28)31)23(29)18-10-11-20(32-4)19(26)15-18/h7-11,14-15,22,29H,5-6,12-13H2,1-4H3/b23-21-. The summed E-state index contributed by atoms with van der Waals surface area (Å²) >= 11 is 6.24. The molecule has 0 aliphatic carbocycles. The zero-order valence-corrected chi connectivity index (χ0v) is 19.6. The van der Waals surface area contributed by atoms with Gasteiger partial charge in [0.25, 0.3) is 11.7 Å². The number of halogens is 1. The number of Topliss-reactive ketones (excluding diaryl/α,β-unsaturated/α-hetero) is 1. The van der Waals surface area contributed by atoms with E-state index in [1.54, 1.807) is 17.0 Å². The lowest BCUT2D eigenvalue weighted by atomic mass is 9.94. The second kappa shape index (κ2) is 10.2. The van der Waals surface area contributed by atoms with Crippen molar-refractivity contribution in [3.8, 4) is 5.75 Å². The van der Waals surface area contributed by atoms with Gasteiger partial charge in [-0.2, -0.15) is 0 Å². The number of aryl methyl sites for hydroxylation is 1. The van der Waals surface area contributed by atoms with Crippen molar-refractivity contribution in [2.24, 2.45) is 0 Å². The second-order valence-corrected chi connectivity index (χ2v) is 8.19. The van der Waals surface area contributed by atoms with Gasteiger partial charge in [-0.1, -0.05) is 55.3 Å². The number of ketones is 1. The maximum Gasteiger partial charge on any atom is 0.295 e. The summed E-state index contributed by atoms with van der Waals surface area (Å²) in [5, 5.41) is 11.5. The topological polar surface area (TPSA) is 70.1 Å². The number of rotatable bonds is 8. The van der Waals surface area contributed by atoms with Crippen molar-refractivity contribution in [2.45, 2.75) is 26.8 Å². The van der Waals surface area contributed by atoms with Crippen LogP contribution in [0.5, 0.6) is 5.75 Å². The summed E-state index contributed by atoms with van der Waals surface area (Å²) in [6.45, 7) is 8.78. The number of benzene rings is 2. The first-order chi connectivity index (χ1) is 15.3. The van der Waals surface area contributed by atoms with E-state index < -0.39 is 17.7 Å². The quantitative estimate of drug-likeness (QED) is 0.361. The van der Waals surface area contributed by atoms with E-state index in [2.05, 4.69) is 18.7 Å². The van der Waals surface area contributed by atoms with Crippen LogP contribution in [0.15, 0.2) is 48.0 Å². The van der Waals surface area contributed by atoms with Crippen molar-refractivity contribution in [2.75, 3.05) is 33.3 Å². The van der Waals surface area contributed by atoms with Crippen LogP contribution in [0.3, 0.4) is 0 Å². The Hall–Kier alpha value is -2.83. The third kappa shape index (κ3) is 4.66. The van der Waals surface area contributed by atoms with E-state index in [4.69, 9.17) is 16.3 Å². The number of ether oxygens (including phenoxy) is 1. The Balaban J connectivity index is 2.12. The summed E-state index contributed by atoms with van der Waals surface area (Å²) in [6, 6.07) is 11.8. The summed E-state index contributed by atoms with van der Waals surface area (Å²) in [7, 11) is 1.50. The average Bonchev–Trinajstić information content (AvgIpc) is 3.04. The van der Waals surface area contributed by atoms with E-state index in [9.17, 15) is 14.7 Å². The molecule has 1 N–H and O–H groups in total. The largest absolute Gasteiger partial charge is 0.507 e. The number of likely N-dealkylation sites (N-methyl/N-ethyl adjacent to an activating group) is 1. The zero-order valence-electron chi connectivity index (χ0n) is 18.9. The van der Waals surface area contributed by atoms with Crippen LogP contribution >= 0.6 is 11.6 Å². The molecule has 7 heteroatoms. The van der Waals surface area contributed by atoms with Gasteiger partial charge in [0.1, 0.15) is 11.5 Å². The Kier molecular flexibility index (Phi) is 7.59. The Morgan fingerprint density at radius 1 is 1.16 bits per heavy atom. The van der Waals surface area contributed by atoms with Gasteiger partial charge in [-0.3, -0.25) is 9.59 Å². The molecule has 0 spiro atoms. The minimum absolute atomic E-state index is 0.0707. The first-order valence-electron chi connectivity index (χ1n) is 10.7. The van der Waals surface area contributed by atoms with Gasteiger partial charge in [-0.25, -0.2) is 0 Å². The van der Waals surface area contributed by atoms with Crippen LogP contribution in [-0.2, 0) is 9.59 Å². The molecule has 0 saturated carbocycles. The van der Waals surface area contributed by atoms with Crippen molar-refractivity contribution in [3.63, 3.8) is 0 Å². The highest BCUT2D eigenvalue weighted by molar-refractivity contribution is 6.46. The fourth-order valence-corrected chi connectivity index (χ4v) is 4.31. The molecule has 2 aromatic carbocycles. The van der Waals surface area contributed by atoms with Gasteiger partial charge in [0.05, 0.1) is 23.7 Å². The van der Waals surface area contributed by atoms with Crippen LogP contribution in [0.2, 0.25) is 5.02 Å². The molecule has 32 heavy (non-hydrogen) atoms. The van der Waals surface area contributed by atoms with Gasteiger partial charge in [0.15, 0.2) is 0 Å². The fourth-order valence-electron chi connectivity index (χ4n) is 4.06. The molecule has 1 aliphatic heterocycles. The van der Waals surface area contributed by atoms with Crippen LogP contribution in [0.4, 0.5) is 0 Å². The molecule has 0 aromatic heterocycles. The average molecular weight is 457 g/mol. The van der Waals surface area contributed by atoms with Gasteiger partial charge >= 0.3 is 0 Å². The minimum atomic E-state index is -0.694. The lowest BCUT2D eigenvalue weighted by Gasteiger charge is -2.28. The summed E-state index contributed by atoms with van der Waals surface area (Å²) in [4.78, 5) is 29.9. The number of carbonyl (C=O) groups is 2. The lowest BCUT2D eigenvalue weighted by molar-refractivity contribution is -0.140. The fraction of sp³-hybridized carbons (Fsp3) is 0.360. The second-order valence-electron chi connectivity index (χ2n) is 7.78. The monoisotopic (exact) mass is 456 g/mol. The van der Waals surface area contributed by atoms with E-state index in [0.29, 0.717) is 29.4 Å². The molecular formula is C25H29ClN2O4. The van der Waals surface area contributed by atoms with Gasteiger partial charge in [-0.15, -0.1) is 0 Å². The van der Waals surface area contributed by atoms with Crippen molar-refractivity contribution in [1.82, 2.24) is 9.80 Å². The van der Waals surface area contributed by atoms with Crippen LogP contribution < -0.4 is 4.74 Å². The maximum absolute atomic E-state index is 13.1. The minimum Gasteiger partial charge on any atom is -0.507 e. The van der Waals surface area contributed by atoms with Crippen LogP contribution in [-0.4, -0.2) is 59.9 Å². The van der Waals surface area contributed by atoms with E-state index >= 15 is 0 Å². The van der Waals surface area contributed by atoms with Crippen molar-refractivity contribution >= 4 is 29.1 Å². The summed E-state index contributed by atoms with van der Waals surface area (Å²) in [6.07, 6.45) is 0. The number of amides is 1. The van der Waals surface area contributed by atoms with Gasteiger partial charge in [-0.05, 0) is 43.8 Å². The zero-order chi connectivity index (χ0) is 23.4. The molecule has 2 aromatic rings. The molecular weight excluding hydrogens is 428 g/mol. The maximum atomic E-state index is 13.1. The number of carbonyl (C=O) groups excluding carboxylic acids is 2. The number of hydrogen-bond acceptors (Lipinski definition) is 5. The smallest absolute Gasteiger partial charge is 0.295 e. The molecule has 1 amide bonds. The molecule has 1 aliphatic rings. The number of aliphatic hydroxyl groups is 1. The van der Waals surface area contributed by atoms with Crippen molar-refractivity contribution in [1.29, 1.82) is 0 Å². The molecule has 1 saturated heterocycles. The van der Waals surface area contributed by atoms with Crippen LogP contribution in [0.25, 0.3) is 5.76 Å². The summed E-state index contributed by atoms with van der Waals surface area (Å²) in [5.41, 5.74) is 2.21. The Labute approximate surface area is 194 Å². The summed E-state index contributed by atoms with van der Waals surface area (Å²) < 4.78 is 5.18. The van der Waals surface area contributed by atoms with Gasteiger partial charge in [0.2, 0.25) is 0 Å². The molecule has 170 valence electrons. The third-order valence-corrected chi connectivity index (χ3v) is 6.17. The number of methoxy groups -OCH3 is 1. The third-order valence-electron chi connectivity index (χ3n) is 5.87. The molecule has 1 heterocycles. The predicted octanol–water partition coefficient (Wildman–Crippen LogP) is 4.42. The van der Waals surface area contributed by atoms with Gasteiger partial charge in [0, 0.05) is 18.7 Å². The molecule has 0 radical (unpaired) electrons. The SMILES string of the molecule is CCN(CC)CCN1C(=O)C(=O)/C(=C(\O)c2ccc(OC)c(Cl)c2)C1c1cccc(C)c1. The Bertz CT molecular complexity index is 1050. The molecule has 1 fully saturated rings. The first-order valence-corrected chi connectivity index (χ1v) is 11.1. The van der Waals surface area contributed by atoms with Crippen molar-refractivity contribution < 1.29 is 19.4 Å². The number of nitrogens with zero attached hydrogens (tertiary/aromatic N) is 2. The van der Waals surface area contributed by atoms with Gasteiger partial charge < -0.3 is 19.6 Å². The number of aliphatic hydroxyl groups excluding tert-OH is 1. The number of likely N-dealkylation sites (tertiary alicyclic amines) is 1. The highest BCUT2D eigenvalue weighted by Gasteiger charge is 2.46. The Morgan fingerprint density at radius 2 is 1.88 bits per heavy atom. The van der Waals surface area contributed by atoms with Crippen LogP contribution in [0, 0.1) is 6.92 Å². The molecule has 0 bridgehead atoms. The summed E-state index contributed by atoms with van der Waals surface area (Å²) in [5.74, 6) is -1.09. The Morgan fingerprint density at radius 3 is 2.47 bits per heavy atom. The van der Waals surface area contributed by atoms with E-state index in [-0.39, 0.29) is 11.3 Å². The van der Waals surface area contributed by atoms with E-state index in [0.717, 1.165) is 24.2 Å².